The molecule has 0 radical (unpaired) electrons. The summed E-state index contributed by atoms with van der Waals surface area (Å²) in [5, 5.41) is 2.85. The van der Waals surface area contributed by atoms with Crippen LogP contribution in [0.1, 0.15) is 25.0 Å². The third-order valence-corrected chi connectivity index (χ3v) is 5.24. The Kier molecular flexibility index (Phi) is 2.64. The van der Waals surface area contributed by atoms with Crippen molar-refractivity contribution < 1.29 is 9.15 Å². The first-order chi connectivity index (χ1) is 11.6. The van der Waals surface area contributed by atoms with E-state index in [0.29, 0.717) is 5.02 Å². The summed E-state index contributed by atoms with van der Waals surface area (Å²) in [4.78, 5) is 0. The Morgan fingerprint density at radius 3 is 2.54 bits per heavy atom. The quantitative estimate of drug-likeness (QED) is 0.358. The highest BCUT2D eigenvalue weighted by atomic mass is 35.5. The first kappa shape index (κ1) is 13.9. The molecule has 1 aliphatic heterocycles. The van der Waals surface area contributed by atoms with Gasteiger partial charge in [0, 0.05) is 32.3 Å². The third kappa shape index (κ3) is 1.72. The van der Waals surface area contributed by atoms with Crippen LogP contribution in [0.4, 0.5) is 0 Å². The summed E-state index contributed by atoms with van der Waals surface area (Å²) in [5.74, 6) is 1.59. The van der Waals surface area contributed by atoms with Crippen molar-refractivity contribution in [3.63, 3.8) is 0 Å². The second-order valence-electron chi connectivity index (χ2n) is 6.78. The summed E-state index contributed by atoms with van der Waals surface area (Å²) >= 11 is 6.18. The van der Waals surface area contributed by atoms with Crippen LogP contribution in [0.25, 0.3) is 21.9 Å². The number of hydrogen-bond acceptors (Lipinski definition) is 2. The van der Waals surface area contributed by atoms with E-state index in [1.54, 1.807) is 0 Å². The average Bonchev–Trinajstić information content (AvgIpc) is 2.93. The lowest BCUT2D eigenvalue weighted by atomic mass is 9.75. The maximum Gasteiger partial charge on any atom is 0.178 e. The lowest BCUT2D eigenvalue weighted by Gasteiger charge is -2.34. The van der Waals surface area contributed by atoms with Gasteiger partial charge in [-0.2, -0.15) is 0 Å². The first-order valence-electron chi connectivity index (χ1n) is 7.98. The predicted molar refractivity (Wildman–Crippen MR) is 97.4 cm³/mol. The Morgan fingerprint density at radius 1 is 0.875 bits per heavy atom. The number of benzene rings is 3. The third-order valence-electron chi connectivity index (χ3n) is 5.00. The van der Waals surface area contributed by atoms with Crippen molar-refractivity contribution in [1.29, 1.82) is 0 Å². The van der Waals surface area contributed by atoms with Crippen LogP contribution in [0.2, 0.25) is 5.02 Å². The zero-order valence-electron chi connectivity index (χ0n) is 13.4. The van der Waals surface area contributed by atoms with E-state index < -0.39 is 0 Å². The summed E-state index contributed by atoms with van der Waals surface area (Å²) in [6, 6.07) is 18.2. The summed E-state index contributed by atoms with van der Waals surface area (Å²) in [7, 11) is 0. The van der Waals surface area contributed by atoms with Gasteiger partial charge >= 0.3 is 0 Å². The van der Waals surface area contributed by atoms with Gasteiger partial charge in [0.1, 0.15) is 11.3 Å². The number of fused-ring (bicyclic) bond motifs is 6. The van der Waals surface area contributed by atoms with Crippen molar-refractivity contribution in [3.05, 3.63) is 70.7 Å². The van der Waals surface area contributed by atoms with Crippen LogP contribution in [0.15, 0.2) is 59.0 Å². The summed E-state index contributed by atoms with van der Waals surface area (Å²) in [5.41, 5.74) is 3.76. The molecule has 1 aromatic heterocycles. The Labute approximate surface area is 144 Å². The number of furan rings is 1. The van der Waals surface area contributed by atoms with Gasteiger partial charge in [-0.15, -0.1) is 0 Å². The molecular weight excluding hydrogens is 320 g/mol. The molecule has 0 bridgehead atoms. The monoisotopic (exact) mass is 334 g/mol. The van der Waals surface area contributed by atoms with E-state index in [4.69, 9.17) is 20.8 Å². The molecule has 0 aliphatic carbocycles. The number of halogens is 1. The highest BCUT2D eigenvalue weighted by Gasteiger charge is 2.36. The molecule has 5 rings (SSSR count). The minimum Gasteiger partial charge on any atom is -0.453 e. The SMILES string of the molecule is CC1(C)c2ccc(Cl)cc2Oc2c1ccc1c2oc2ccccc21. The highest BCUT2D eigenvalue weighted by molar-refractivity contribution is 6.30. The normalized spacial score (nSPS) is 15.1. The molecule has 4 aromatic rings. The van der Waals surface area contributed by atoms with Crippen molar-refractivity contribution in [2.45, 2.75) is 19.3 Å². The molecule has 24 heavy (non-hydrogen) atoms. The second kappa shape index (κ2) is 4.55. The fourth-order valence-corrected chi connectivity index (χ4v) is 3.87. The Balaban J connectivity index is 1.87. The topological polar surface area (TPSA) is 22.4 Å². The van der Waals surface area contributed by atoms with Gasteiger partial charge < -0.3 is 9.15 Å². The molecule has 3 aromatic carbocycles. The Hall–Kier alpha value is -2.45. The minimum atomic E-state index is -0.180. The van der Waals surface area contributed by atoms with Gasteiger partial charge in [0.25, 0.3) is 0 Å². The number of hydrogen-bond donors (Lipinski definition) is 0. The van der Waals surface area contributed by atoms with Crippen molar-refractivity contribution in [2.75, 3.05) is 0 Å². The van der Waals surface area contributed by atoms with Gasteiger partial charge in [-0.05, 0) is 24.3 Å². The van der Waals surface area contributed by atoms with Crippen LogP contribution >= 0.6 is 11.6 Å². The first-order valence-corrected chi connectivity index (χ1v) is 8.36. The van der Waals surface area contributed by atoms with Crippen LogP contribution in [-0.4, -0.2) is 0 Å². The van der Waals surface area contributed by atoms with E-state index >= 15 is 0 Å². The molecule has 2 nitrogen and oxygen atoms in total. The van der Waals surface area contributed by atoms with Gasteiger partial charge in [0.15, 0.2) is 11.3 Å². The van der Waals surface area contributed by atoms with Gasteiger partial charge in [0.2, 0.25) is 0 Å². The van der Waals surface area contributed by atoms with Crippen LogP contribution in [0.3, 0.4) is 0 Å². The van der Waals surface area contributed by atoms with Crippen molar-refractivity contribution in [1.82, 2.24) is 0 Å². The van der Waals surface area contributed by atoms with Crippen LogP contribution in [0, 0.1) is 0 Å². The Morgan fingerprint density at radius 2 is 1.67 bits per heavy atom. The van der Waals surface area contributed by atoms with E-state index in [-0.39, 0.29) is 5.41 Å². The molecule has 0 fully saturated rings. The standard InChI is InChI=1S/C21H15ClO2/c1-21(2)15-9-7-12(22)11-18(15)24-20-16(21)10-8-14-13-5-3-4-6-17(13)23-19(14)20/h3-11H,1-2H3. The van der Waals surface area contributed by atoms with Crippen molar-refractivity contribution in [3.8, 4) is 11.5 Å². The van der Waals surface area contributed by atoms with E-state index in [2.05, 4.69) is 32.0 Å². The zero-order valence-corrected chi connectivity index (χ0v) is 14.1. The molecule has 3 heteroatoms. The molecule has 0 spiro atoms. The lowest BCUT2D eigenvalue weighted by molar-refractivity contribution is 0.415. The average molecular weight is 335 g/mol. The molecule has 0 saturated carbocycles. The molecule has 0 N–H and O–H groups in total. The maximum absolute atomic E-state index is 6.26. The van der Waals surface area contributed by atoms with Crippen molar-refractivity contribution >= 4 is 33.5 Å². The van der Waals surface area contributed by atoms with Crippen molar-refractivity contribution in [2.24, 2.45) is 0 Å². The molecule has 0 amide bonds. The molecule has 2 heterocycles. The van der Waals surface area contributed by atoms with E-state index in [9.17, 15) is 0 Å². The molecular formula is C21H15ClO2. The van der Waals surface area contributed by atoms with E-state index in [1.165, 1.54) is 0 Å². The maximum atomic E-state index is 6.26. The molecule has 118 valence electrons. The van der Waals surface area contributed by atoms with Gasteiger partial charge in [-0.1, -0.05) is 55.8 Å². The molecule has 0 unspecified atom stereocenters. The second-order valence-corrected chi connectivity index (χ2v) is 7.22. The molecule has 1 aliphatic rings. The summed E-state index contributed by atoms with van der Waals surface area (Å²) in [6.45, 7) is 4.41. The van der Waals surface area contributed by atoms with Crippen LogP contribution in [0.5, 0.6) is 11.5 Å². The Bertz CT molecular complexity index is 1120. The number of ether oxygens (including phenoxy) is 1. The summed E-state index contributed by atoms with van der Waals surface area (Å²) in [6.07, 6.45) is 0. The van der Waals surface area contributed by atoms with E-state index in [1.807, 2.05) is 36.4 Å². The van der Waals surface area contributed by atoms with Gasteiger partial charge in [-0.25, -0.2) is 0 Å². The largest absolute Gasteiger partial charge is 0.453 e. The van der Waals surface area contributed by atoms with Crippen LogP contribution < -0.4 is 4.74 Å². The predicted octanol–water partition coefficient (Wildman–Crippen LogP) is 6.67. The fourth-order valence-electron chi connectivity index (χ4n) is 3.71. The lowest BCUT2D eigenvalue weighted by Crippen LogP contribution is -2.24. The molecule has 0 saturated heterocycles. The minimum absolute atomic E-state index is 0.180. The smallest absolute Gasteiger partial charge is 0.178 e. The number of para-hydroxylation sites is 1. The number of rotatable bonds is 0. The van der Waals surface area contributed by atoms with E-state index in [0.717, 1.165) is 44.6 Å². The zero-order chi connectivity index (χ0) is 16.5. The highest BCUT2D eigenvalue weighted by Crippen LogP contribution is 2.51. The summed E-state index contributed by atoms with van der Waals surface area (Å²) < 4.78 is 12.4. The van der Waals surface area contributed by atoms with Crippen LogP contribution in [-0.2, 0) is 5.41 Å². The molecule has 0 atom stereocenters. The fraction of sp³-hybridized carbons (Fsp3) is 0.143. The van der Waals surface area contributed by atoms with Gasteiger partial charge in [-0.3, -0.25) is 0 Å². The van der Waals surface area contributed by atoms with Gasteiger partial charge in [0.05, 0.1) is 0 Å².